The molecule has 2 aliphatic rings. The number of thioether (sulfide) groups is 1. The highest BCUT2D eigenvalue weighted by Crippen LogP contribution is 2.34. The number of aromatic nitrogens is 2. The molecular weight excluding hydrogens is 422 g/mol. The Bertz CT molecular complexity index is 1180. The van der Waals surface area contributed by atoms with Gasteiger partial charge < -0.3 is 14.2 Å². The first-order valence-corrected chi connectivity index (χ1v) is 11.9. The number of piperazine rings is 1. The fourth-order valence-corrected chi connectivity index (χ4v) is 5.37. The van der Waals surface area contributed by atoms with Gasteiger partial charge in [-0.25, -0.2) is 4.98 Å². The van der Waals surface area contributed by atoms with E-state index < -0.39 is 0 Å². The number of amides is 2. The fourth-order valence-electron chi connectivity index (χ4n) is 4.44. The normalized spacial score (nSPS) is 17.1. The molecule has 0 radical (unpaired) electrons. The van der Waals surface area contributed by atoms with Crippen LogP contribution in [0.2, 0.25) is 0 Å². The van der Waals surface area contributed by atoms with Gasteiger partial charge in [-0.15, -0.1) is 11.8 Å². The molecule has 3 aromatic rings. The zero-order chi connectivity index (χ0) is 22.2. The predicted molar refractivity (Wildman–Crippen MR) is 126 cm³/mol. The van der Waals surface area contributed by atoms with Gasteiger partial charge >= 0.3 is 0 Å². The summed E-state index contributed by atoms with van der Waals surface area (Å²) < 4.78 is 2.16. The second-order valence-electron chi connectivity index (χ2n) is 8.47. The summed E-state index contributed by atoms with van der Waals surface area (Å²) in [6.45, 7) is 8.03. The van der Waals surface area contributed by atoms with E-state index >= 15 is 0 Å². The van der Waals surface area contributed by atoms with Crippen LogP contribution >= 0.6 is 11.8 Å². The Balaban J connectivity index is 1.22. The number of anilines is 1. The first-order chi connectivity index (χ1) is 15.5. The van der Waals surface area contributed by atoms with Crippen molar-refractivity contribution in [2.75, 3.05) is 43.4 Å². The van der Waals surface area contributed by atoms with Gasteiger partial charge in [0.2, 0.25) is 11.8 Å². The average Bonchev–Trinajstić information content (AvgIpc) is 3.10. The van der Waals surface area contributed by atoms with Gasteiger partial charge in [0.1, 0.15) is 12.2 Å². The summed E-state index contributed by atoms with van der Waals surface area (Å²) >= 11 is 1.54. The SMILES string of the molecule is Cc1ccn2c(CN3CCN(C(=O)CN4C(=O)CSc5ccccc54)CC3)c(C)nc2c1. The summed E-state index contributed by atoms with van der Waals surface area (Å²) in [6.07, 6.45) is 2.09. The first-order valence-electron chi connectivity index (χ1n) is 11.0. The lowest BCUT2D eigenvalue weighted by atomic mass is 10.2. The minimum atomic E-state index is -0.000918. The highest BCUT2D eigenvalue weighted by molar-refractivity contribution is 8.00. The Hall–Kier alpha value is -2.84. The third-order valence-corrected chi connectivity index (χ3v) is 7.33. The number of imidazole rings is 1. The number of aryl methyl sites for hydroxylation is 2. The molecule has 5 rings (SSSR count). The van der Waals surface area contributed by atoms with Crippen LogP contribution in [0.25, 0.3) is 5.65 Å². The molecule has 0 bridgehead atoms. The molecule has 0 atom stereocenters. The number of hydrogen-bond donors (Lipinski definition) is 0. The Morgan fingerprint density at radius 1 is 1.09 bits per heavy atom. The Labute approximate surface area is 192 Å². The van der Waals surface area contributed by atoms with Crippen LogP contribution < -0.4 is 4.90 Å². The van der Waals surface area contributed by atoms with E-state index in [-0.39, 0.29) is 18.4 Å². The van der Waals surface area contributed by atoms with Crippen LogP contribution in [0.3, 0.4) is 0 Å². The molecule has 2 amide bonds. The Kier molecular flexibility index (Phi) is 5.65. The van der Waals surface area contributed by atoms with Gasteiger partial charge in [-0.3, -0.25) is 14.5 Å². The standard InChI is InChI=1S/C24H27N5O2S/c1-17-7-8-28-20(18(2)25-22(28)13-17)14-26-9-11-27(12-10-26)23(30)15-29-19-5-3-4-6-21(19)32-16-24(29)31/h3-8,13H,9-12,14-16H2,1-2H3. The molecular formula is C24H27N5O2S. The second kappa shape index (κ2) is 8.60. The van der Waals surface area contributed by atoms with Crippen molar-refractivity contribution in [2.24, 2.45) is 0 Å². The number of para-hydroxylation sites is 1. The molecule has 0 saturated carbocycles. The number of pyridine rings is 1. The van der Waals surface area contributed by atoms with Crippen molar-refractivity contribution in [2.45, 2.75) is 25.3 Å². The third-order valence-electron chi connectivity index (χ3n) is 6.28. The summed E-state index contributed by atoms with van der Waals surface area (Å²) in [4.78, 5) is 37.2. The van der Waals surface area contributed by atoms with Crippen molar-refractivity contribution in [1.29, 1.82) is 0 Å². The number of hydrogen-bond acceptors (Lipinski definition) is 5. The van der Waals surface area contributed by atoms with Crippen molar-refractivity contribution in [3.05, 3.63) is 59.5 Å². The van der Waals surface area contributed by atoms with Gasteiger partial charge in [0.25, 0.3) is 0 Å². The lowest BCUT2D eigenvalue weighted by Crippen LogP contribution is -2.52. The van der Waals surface area contributed by atoms with Crippen LogP contribution in [-0.2, 0) is 16.1 Å². The smallest absolute Gasteiger partial charge is 0.242 e. The summed E-state index contributed by atoms with van der Waals surface area (Å²) in [5.74, 6) is 0.399. The van der Waals surface area contributed by atoms with E-state index in [1.165, 1.54) is 23.0 Å². The first kappa shape index (κ1) is 21.0. The van der Waals surface area contributed by atoms with Gasteiger partial charge in [-0.1, -0.05) is 12.1 Å². The maximum Gasteiger partial charge on any atom is 0.242 e. The van der Waals surface area contributed by atoms with Crippen molar-refractivity contribution >= 4 is 34.9 Å². The minimum absolute atomic E-state index is 0.000918. The zero-order valence-corrected chi connectivity index (χ0v) is 19.3. The molecule has 0 N–H and O–H groups in total. The molecule has 166 valence electrons. The van der Waals surface area contributed by atoms with E-state index in [0.29, 0.717) is 18.8 Å². The number of carbonyl (C=O) groups excluding carboxylic acids is 2. The quantitative estimate of drug-likeness (QED) is 0.613. The van der Waals surface area contributed by atoms with Gasteiger partial charge in [0.05, 0.1) is 22.8 Å². The monoisotopic (exact) mass is 449 g/mol. The summed E-state index contributed by atoms with van der Waals surface area (Å²) in [6, 6.07) is 12.0. The zero-order valence-electron chi connectivity index (χ0n) is 18.5. The third kappa shape index (κ3) is 4.00. The molecule has 0 aliphatic carbocycles. The molecule has 4 heterocycles. The molecule has 2 aromatic heterocycles. The van der Waals surface area contributed by atoms with Crippen molar-refractivity contribution in [3.63, 3.8) is 0 Å². The van der Waals surface area contributed by atoms with Crippen molar-refractivity contribution in [1.82, 2.24) is 19.2 Å². The Morgan fingerprint density at radius 2 is 1.88 bits per heavy atom. The summed E-state index contributed by atoms with van der Waals surface area (Å²) in [5.41, 5.74) is 5.28. The fraction of sp³-hybridized carbons (Fsp3) is 0.375. The van der Waals surface area contributed by atoms with Crippen LogP contribution in [0.5, 0.6) is 0 Å². The van der Waals surface area contributed by atoms with E-state index in [0.717, 1.165) is 41.6 Å². The molecule has 32 heavy (non-hydrogen) atoms. The van der Waals surface area contributed by atoms with E-state index in [9.17, 15) is 9.59 Å². The number of rotatable bonds is 4. The van der Waals surface area contributed by atoms with E-state index in [2.05, 4.69) is 41.5 Å². The molecule has 1 fully saturated rings. The van der Waals surface area contributed by atoms with E-state index in [1.54, 1.807) is 4.90 Å². The molecule has 0 spiro atoms. The number of benzene rings is 1. The molecule has 8 heteroatoms. The van der Waals surface area contributed by atoms with Gasteiger partial charge in [0, 0.05) is 43.8 Å². The maximum atomic E-state index is 13.0. The minimum Gasteiger partial charge on any atom is -0.339 e. The largest absolute Gasteiger partial charge is 0.339 e. The highest BCUT2D eigenvalue weighted by Gasteiger charge is 2.29. The molecule has 1 saturated heterocycles. The van der Waals surface area contributed by atoms with Crippen LogP contribution in [0.4, 0.5) is 5.69 Å². The molecule has 2 aliphatic heterocycles. The topological polar surface area (TPSA) is 61.2 Å². The van der Waals surface area contributed by atoms with Gasteiger partial charge in [0.15, 0.2) is 0 Å². The Morgan fingerprint density at radius 3 is 2.69 bits per heavy atom. The van der Waals surface area contributed by atoms with Crippen LogP contribution in [0, 0.1) is 13.8 Å². The van der Waals surface area contributed by atoms with E-state index in [4.69, 9.17) is 4.98 Å². The van der Waals surface area contributed by atoms with Gasteiger partial charge in [-0.05, 0) is 43.7 Å². The van der Waals surface area contributed by atoms with Crippen molar-refractivity contribution < 1.29 is 9.59 Å². The number of carbonyl (C=O) groups is 2. The number of nitrogens with zero attached hydrogens (tertiary/aromatic N) is 5. The maximum absolute atomic E-state index is 13.0. The molecule has 0 unspecified atom stereocenters. The van der Waals surface area contributed by atoms with E-state index in [1.807, 2.05) is 29.2 Å². The summed E-state index contributed by atoms with van der Waals surface area (Å²) in [5, 5.41) is 0. The predicted octanol–water partition coefficient (Wildman–Crippen LogP) is 2.73. The molecule has 1 aromatic carbocycles. The van der Waals surface area contributed by atoms with Gasteiger partial charge in [-0.2, -0.15) is 0 Å². The summed E-state index contributed by atoms with van der Waals surface area (Å²) in [7, 11) is 0. The number of fused-ring (bicyclic) bond motifs is 2. The highest BCUT2D eigenvalue weighted by atomic mass is 32.2. The van der Waals surface area contributed by atoms with Crippen LogP contribution in [0.1, 0.15) is 17.0 Å². The second-order valence-corrected chi connectivity index (χ2v) is 9.49. The lowest BCUT2D eigenvalue weighted by molar-refractivity contribution is -0.132. The molecule has 7 nitrogen and oxygen atoms in total. The average molecular weight is 450 g/mol. The van der Waals surface area contributed by atoms with Crippen LogP contribution in [-0.4, -0.2) is 69.5 Å². The lowest BCUT2D eigenvalue weighted by Gasteiger charge is -2.36. The van der Waals surface area contributed by atoms with Crippen LogP contribution in [0.15, 0.2) is 47.5 Å². The van der Waals surface area contributed by atoms with Crippen molar-refractivity contribution in [3.8, 4) is 0 Å².